The average Bonchev–Trinajstić information content (AvgIpc) is 3.28. The van der Waals surface area contributed by atoms with Gasteiger partial charge in [-0.15, -0.1) is 0 Å². The van der Waals surface area contributed by atoms with Crippen LogP contribution in [-0.2, 0) is 4.79 Å². The summed E-state index contributed by atoms with van der Waals surface area (Å²) >= 11 is 0. The van der Waals surface area contributed by atoms with Crippen LogP contribution in [0.2, 0.25) is 0 Å². The van der Waals surface area contributed by atoms with Gasteiger partial charge in [-0.1, -0.05) is 6.07 Å². The number of carbonyl (C=O) groups excluding carboxylic acids is 1. The molecular weight excluding hydrogens is 292 g/mol. The molecule has 0 aliphatic heterocycles. The van der Waals surface area contributed by atoms with Crippen LogP contribution in [0.15, 0.2) is 18.2 Å². The first-order chi connectivity index (χ1) is 10.4. The molecule has 0 bridgehead atoms. The fourth-order valence-corrected chi connectivity index (χ4v) is 2.12. The Morgan fingerprint density at radius 3 is 2.55 bits per heavy atom. The number of benzene rings is 1. The number of ether oxygens (including phenoxy) is 2. The van der Waals surface area contributed by atoms with Crippen molar-refractivity contribution in [3.8, 4) is 11.5 Å². The lowest BCUT2D eigenvalue weighted by Crippen LogP contribution is -2.26. The zero-order valence-corrected chi connectivity index (χ0v) is 13.0. The maximum absolute atomic E-state index is 12.5. The van der Waals surface area contributed by atoms with Crippen molar-refractivity contribution in [2.45, 2.75) is 32.3 Å². The van der Waals surface area contributed by atoms with Crippen LogP contribution in [0.25, 0.3) is 0 Å². The Morgan fingerprint density at radius 1 is 1.32 bits per heavy atom. The van der Waals surface area contributed by atoms with Crippen molar-refractivity contribution >= 4 is 5.91 Å². The molecule has 1 unspecified atom stereocenters. The van der Waals surface area contributed by atoms with E-state index in [-0.39, 0.29) is 23.3 Å². The summed E-state index contributed by atoms with van der Waals surface area (Å²) in [6.07, 6.45) is 2.19. The molecule has 1 fully saturated rings. The second kappa shape index (κ2) is 6.94. The molecule has 6 heteroatoms. The Hall–Kier alpha value is -1.85. The molecule has 0 aromatic heterocycles. The number of likely N-dealkylation sites (N-methyl/N-ethyl adjacent to an activating group) is 1. The summed E-state index contributed by atoms with van der Waals surface area (Å²) in [5, 5.41) is 0. The number of amides is 1. The number of hydrogen-bond acceptors (Lipinski definition) is 3. The Kier molecular flexibility index (Phi) is 5.21. The van der Waals surface area contributed by atoms with Gasteiger partial charge in [0.05, 0.1) is 12.5 Å². The van der Waals surface area contributed by atoms with E-state index >= 15 is 0 Å². The molecule has 2 rings (SSSR count). The second-order valence-corrected chi connectivity index (χ2v) is 5.79. The van der Waals surface area contributed by atoms with Gasteiger partial charge in [0.15, 0.2) is 11.5 Å². The molecule has 0 radical (unpaired) electrons. The van der Waals surface area contributed by atoms with Crippen molar-refractivity contribution in [1.29, 1.82) is 0 Å². The van der Waals surface area contributed by atoms with E-state index in [1.165, 1.54) is 11.0 Å². The predicted octanol–water partition coefficient (Wildman–Crippen LogP) is 3.27. The van der Waals surface area contributed by atoms with Gasteiger partial charge in [-0.3, -0.25) is 4.79 Å². The summed E-state index contributed by atoms with van der Waals surface area (Å²) in [5.41, 5.74) is 0.714. The smallest absolute Gasteiger partial charge is 0.387 e. The van der Waals surface area contributed by atoms with E-state index < -0.39 is 6.61 Å². The topological polar surface area (TPSA) is 38.8 Å². The van der Waals surface area contributed by atoms with E-state index in [1.54, 1.807) is 33.2 Å². The minimum absolute atomic E-state index is 0.00361. The number of hydrogen-bond donors (Lipinski definition) is 0. The molecule has 1 atom stereocenters. The highest BCUT2D eigenvalue weighted by atomic mass is 19.3. The molecule has 4 nitrogen and oxygen atoms in total. The fourth-order valence-electron chi connectivity index (χ4n) is 2.12. The monoisotopic (exact) mass is 313 g/mol. The van der Waals surface area contributed by atoms with Crippen LogP contribution in [0.3, 0.4) is 0 Å². The lowest BCUT2D eigenvalue weighted by Gasteiger charge is -2.19. The van der Waals surface area contributed by atoms with E-state index in [0.717, 1.165) is 12.8 Å². The van der Waals surface area contributed by atoms with Crippen molar-refractivity contribution in [3.05, 3.63) is 23.8 Å². The molecule has 0 spiro atoms. The van der Waals surface area contributed by atoms with Crippen molar-refractivity contribution in [3.63, 3.8) is 0 Å². The molecule has 1 aromatic carbocycles. The van der Waals surface area contributed by atoms with Crippen molar-refractivity contribution in [2.24, 2.45) is 5.92 Å². The van der Waals surface area contributed by atoms with Crippen molar-refractivity contribution in [1.82, 2.24) is 4.90 Å². The number of carbonyl (C=O) groups is 1. The number of rotatable bonds is 7. The first-order valence-electron chi connectivity index (χ1n) is 7.31. The largest absolute Gasteiger partial charge is 0.489 e. The number of alkyl halides is 2. The molecule has 1 saturated carbocycles. The Bertz CT molecular complexity index is 530. The van der Waals surface area contributed by atoms with Crippen LogP contribution in [0.5, 0.6) is 11.5 Å². The summed E-state index contributed by atoms with van der Waals surface area (Å²) in [5.74, 6) is 0.324. The van der Waals surface area contributed by atoms with Crippen LogP contribution in [0.4, 0.5) is 8.78 Å². The van der Waals surface area contributed by atoms with Crippen molar-refractivity contribution < 1.29 is 23.0 Å². The summed E-state index contributed by atoms with van der Waals surface area (Å²) in [6.45, 7) is -0.648. The lowest BCUT2D eigenvalue weighted by molar-refractivity contribution is -0.129. The molecule has 0 saturated heterocycles. The zero-order valence-electron chi connectivity index (χ0n) is 13.0. The third-order valence-electron chi connectivity index (χ3n) is 3.67. The Labute approximate surface area is 129 Å². The number of halogens is 2. The summed E-state index contributed by atoms with van der Waals surface area (Å²) in [6, 6.07) is 4.67. The molecule has 1 aliphatic rings. The third-order valence-corrected chi connectivity index (χ3v) is 3.67. The highest BCUT2D eigenvalue weighted by molar-refractivity contribution is 5.83. The van der Waals surface area contributed by atoms with Crippen LogP contribution >= 0.6 is 0 Å². The summed E-state index contributed by atoms with van der Waals surface area (Å²) < 4.78 is 35.0. The van der Waals surface area contributed by atoms with E-state index in [1.807, 2.05) is 0 Å². The SMILES string of the molecule is CC(C(=O)N(C)C)c1ccc(OC(F)F)c(OCC2CC2)c1. The first-order valence-corrected chi connectivity index (χ1v) is 7.31. The van der Waals surface area contributed by atoms with Gasteiger partial charge in [-0.2, -0.15) is 8.78 Å². The van der Waals surface area contributed by atoms with Gasteiger partial charge in [-0.05, 0) is 43.4 Å². The maximum Gasteiger partial charge on any atom is 0.387 e. The second-order valence-electron chi connectivity index (χ2n) is 5.79. The van der Waals surface area contributed by atoms with Gasteiger partial charge in [0.25, 0.3) is 0 Å². The standard InChI is InChI=1S/C16H21F2NO3/c1-10(15(20)19(2)3)12-6-7-13(22-16(17)18)14(8-12)21-9-11-4-5-11/h6-8,10-11,16H,4-5,9H2,1-3H3. The average molecular weight is 313 g/mol. The van der Waals surface area contributed by atoms with Gasteiger partial charge >= 0.3 is 6.61 Å². The molecule has 22 heavy (non-hydrogen) atoms. The van der Waals surface area contributed by atoms with Gasteiger partial charge in [0.1, 0.15) is 0 Å². The number of nitrogens with zero attached hydrogens (tertiary/aromatic N) is 1. The van der Waals surface area contributed by atoms with Gasteiger partial charge in [0, 0.05) is 14.1 Å². The third kappa shape index (κ3) is 4.32. The van der Waals surface area contributed by atoms with E-state index in [2.05, 4.69) is 4.74 Å². The predicted molar refractivity (Wildman–Crippen MR) is 78.4 cm³/mol. The van der Waals surface area contributed by atoms with Crippen LogP contribution in [0.1, 0.15) is 31.2 Å². The molecule has 0 heterocycles. The molecule has 1 aliphatic carbocycles. The van der Waals surface area contributed by atoms with Crippen LogP contribution in [0, 0.1) is 5.92 Å². The van der Waals surface area contributed by atoms with Gasteiger partial charge < -0.3 is 14.4 Å². The Morgan fingerprint density at radius 2 is 2.00 bits per heavy atom. The van der Waals surface area contributed by atoms with E-state index in [9.17, 15) is 13.6 Å². The summed E-state index contributed by atoms with van der Waals surface area (Å²) in [7, 11) is 3.36. The van der Waals surface area contributed by atoms with Gasteiger partial charge in [-0.25, -0.2) is 0 Å². The maximum atomic E-state index is 12.5. The molecule has 122 valence electrons. The quantitative estimate of drug-likeness (QED) is 0.775. The highest BCUT2D eigenvalue weighted by Crippen LogP contribution is 2.35. The van der Waals surface area contributed by atoms with Crippen LogP contribution in [-0.4, -0.2) is 38.1 Å². The minimum atomic E-state index is -2.91. The summed E-state index contributed by atoms with van der Waals surface area (Å²) in [4.78, 5) is 13.5. The Balaban J connectivity index is 2.20. The minimum Gasteiger partial charge on any atom is -0.489 e. The van der Waals surface area contributed by atoms with E-state index in [0.29, 0.717) is 18.1 Å². The molecule has 1 aromatic rings. The molecular formula is C16H21F2NO3. The lowest BCUT2D eigenvalue weighted by atomic mass is 9.99. The first kappa shape index (κ1) is 16.5. The molecule has 0 N–H and O–H groups in total. The molecule has 1 amide bonds. The van der Waals surface area contributed by atoms with Crippen LogP contribution < -0.4 is 9.47 Å². The highest BCUT2D eigenvalue weighted by Gasteiger charge is 2.24. The van der Waals surface area contributed by atoms with Crippen molar-refractivity contribution in [2.75, 3.05) is 20.7 Å². The van der Waals surface area contributed by atoms with E-state index in [4.69, 9.17) is 4.74 Å². The van der Waals surface area contributed by atoms with Gasteiger partial charge in [0.2, 0.25) is 5.91 Å². The normalized spacial score (nSPS) is 15.5. The fraction of sp³-hybridized carbons (Fsp3) is 0.562. The zero-order chi connectivity index (χ0) is 16.3.